The van der Waals surface area contributed by atoms with Gasteiger partial charge in [0.25, 0.3) is 0 Å². The maximum atomic E-state index is 8.59. The van der Waals surface area contributed by atoms with Crippen molar-refractivity contribution in [3.63, 3.8) is 0 Å². The van der Waals surface area contributed by atoms with Gasteiger partial charge in [-0.2, -0.15) is 0 Å². The van der Waals surface area contributed by atoms with Gasteiger partial charge in [-0.05, 0) is 0 Å². The molecule has 0 rings (SSSR count). The molecule has 0 N–H and O–H groups in total. The van der Waals surface area contributed by atoms with E-state index in [1.54, 1.807) is 0 Å². The molecule has 0 fully saturated rings. The Hall–Kier alpha value is 3.17. The minimum atomic E-state index is -4.11. The molecule has 0 saturated heterocycles. The molecule has 0 aromatic carbocycles. The largest absolute Gasteiger partial charge is 3.00 e. The second kappa shape index (κ2) is 25.1. The van der Waals surface area contributed by atoms with E-state index in [1.165, 1.54) is 0 Å². The minimum absolute atomic E-state index is 0. The van der Waals surface area contributed by atoms with Gasteiger partial charge in [-0.25, -0.2) is 0 Å². The summed E-state index contributed by atoms with van der Waals surface area (Å²) in [5, 5.41) is 0. The first kappa shape index (κ1) is 30.3. The van der Waals surface area contributed by atoms with E-state index >= 15 is 0 Å². The second-order valence-electron chi connectivity index (χ2n) is 0.612. The van der Waals surface area contributed by atoms with Crippen LogP contribution in [0.25, 0.3) is 0 Å². The van der Waals surface area contributed by atoms with Crippen LogP contribution in [0.5, 0.6) is 0 Å². The molecule has 0 aromatic heterocycles. The van der Waals surface area contributed by atoms with E-state index in [4.69, 9.17) is 30.1 Å². The third-order valence-corrected chi connectivity index (χ3v) is 0. The normalized spacial score (nSPS) is 7.50. The van der Waals surface area contributed by atoms with Crippen molar-refractivity contribution in [3.8, 4) is 0 Å². The van der Waals surface area contributed by atoms with Crippen LogP contribution in [0.4, 0.5) is 0 Å². The molecule has 9 nitrogen and oxygen atoms in total. The van der Waals surface area contributed by atoms with Gasteiger partial charge in [-0.15, -0.1) is 0 Å². The molecule has 14 heteroatoms. The molecule has 14 heavy (non-hydrogen) atoms. The zero-order chi connectivity index (χ0) is 10.7. The summed E-state index contributed by atoms with van der Waals surface area (Å²) in [7, 11) is 0. The first-order chi connectivity index (χ1) is 5.20. The Morgan fingerprint density at radius 1 is 0.500 bits per heavy atom. The average molecular weight is 770 g/mol. The fourth-order valence-electron chi connectivity index (χ4n) is 0. The average Bonchev–Trinajstić information content (AvgIpc) is 1.54. The summed E-state index contributed by atoms with van der Waals surface area (Å²) >= 11 is -12.3. The van der Waals surface area contributed by atoms with E-state index in [-0.39, 0.29) is 48.9 Å². The molecule has 0 unspecified atom stereocenters. The number of hydrogen-bond donors (Lipinski definition) is 0. The SMILES string of the molecule is O=[Te]([O-])[O-].O=[Te]([O-])[O-].O=[Te]([O-])[O-].[Sb+3].[Sb+3]. The predicted octanol–water partition coefficient (Wildman–Crippen LogP) is -9.39. The molecule has 0 aliphatic rings. The molecular weight excluding hydrogens is 770 g/mol. The Kier molecular flexibility index (Phi) is 54.4. The van der Waals surface area contributed by atoms with Crippen molar-refractivity contribution in [2.45, 2.75) is 0 Å². The number of rotatable bonds is 0. The molecule has 0 amide bonds. The van der Waals surface area contributed by atoms with Crippen molar-refractivity contribution in [3.05, 3.63) is 0 Å². The maximum Gasteiger partial charge on any atom is 3.00 e. The van der Waals surface area contributed by atoms with Crippen LogP contribution in [0.2, 0.25) is 0 Å². The molecule has 0 spiro atoms. The Balaban J connectivity index is -0.0000000270. The van der Waals surface area contributed by atoms with E-state index in [0.717, 1.165) is 0 Å². The third-order valence-electron chi connectivity index (χ3n) is 0. The number of hydrogen-bond acceptors (Lipinski definition) is 9. The van der Waals surface area contributed by atoms with Crippen LogP contribution in [0.1, 0.15) is 0 Å². The molecule has 0 heterocycles. The quantitative estimate of drug-likeness (QED) is 0.216. The van der Waals surface area contributed by atoms with Crippen LogP contribution in [-0.2, 0) is 9.31 Å². The molecule has 0 aliphatic heterocycles. The monoisotopic (exact) mass is 775 g/mol. The smallest absolute Gasteiger partial charge is 3.00 e. The van der Waals surface area contributed by atoms with Crippen LogP contribution in [0.15, 0.2) is 0 Å². The first-order valence-corrected chi connectivity index (χ1v) is 10.1. The summed E-state index contributed by atoms with van der Waals surface area (Å²) in [5.41, 5.74) is 0. The molecule has 0 bridgehead atoms. The van der Waals surface area contributed by atoms with Crippen molar-refractivity contribution < 1.29 is 30.1 Å². The van der Waals surface area contributed by atoms with Crippen LogP contribution in [-0.4, -0.2) is 110 Å². The van der Waals surface area contributed by atoms with Gasteiger partial charge in [0.1, 0.15) is 0 Å². The van der Waals surface area contributed by atoms with Crippen molar-refractivity contribution in [2.24, 2.45) is 0 Å². The summed E-state index contributed by atoms with van der Waals surface area (Å²) in [6.07, 6.45) is 0. The van der Waals surface area contributed by atoms with Crippen LogP contribution in [0, 0.1) is 0 Å². The fraction of sp³-hybridized carbons (Fsp3) is 0. The molecule has 0 saturated carbocycles. The van der Waals surface area contributed by atoms with E-state index in [1.807, 2.05) is 0 Å². The topological polar surface area (TPSA) is 190 Å². The summed E-state index contributed by atoms with van der Waals surface area (Å²) in [6, 6.07) is 0. The van der Waals surface area contributed by atoms with E-state index in [9.17, 15) is 0 Å². The molecule has 4 radical (unpaired) electrons. The summed E-state index contributed by atoms with van der Waals surface area (Å²) < 4.78 is 77.3. The summed E-state index contributed by atoms with van der Waals surface area (Å²) in [4.78, 5) is 0. The van der Waals surface area contributed by atoms with Crippen LogP contribution in [0.3, 0.4) is 0 Å². The molecule has 0 aromatic rings. The molecule has 0 atom stereocenters. The fourth-order valence-corrected chi connectivity index (χ4v) is 0. The first-order valence-electron chi connectivity index (χ1n) is 1.50. The maximum absolute atomic E-state index is 8.59. The van der Waals surface area contributed by atoms with Gasteiger partial charge in [0.15, 0.2) is 0 Å². The Labute approximate surface area is 137 Å². The molecule has 82 valence electrons. The Morgan fingerprint density at radius 3 is 0.500 bits per heavy atom. The minimum Gasteiger partial charge on any atom is 3.00 e. The zero-order valence-corrected chi connectivity index (χ0v) is 17.9. The Morgan fingerprint density at radius 2 is 0.500 bits per heavy atom. The summed E-state index contributed by atoms with van der Waals surface area (Å²) in [6.45, 7) is 0. The van der Waals surface area contributed by atoms with Gasteiger partial charge >= 0.3 is 140 Å². The predicted molar refractivity (Wildman–Crippen MR) is 30.8 cm³/mol. The van der Waals surface area contributed by atoms with Crippen LogP contribution >= 0.6 is 0 Å². The molecular formula is O9Sb2Te3. The van der Waals surface area contributed by atoms with Crippen molar-refractivity contribution in [1.29, 1.82) is 0 Å². The third kappa shape index (κ3) is 304. The van der Waals surface area contributed by atoms with Gasteiger partial charge in [-0.1, -0.05) is 0 Å². The second-order valence-corrected chi connectivity index (χ2v) is 4.11. The zero-order valence-electron chi connectivity index (χ0n) is 5.79. The van der Waals surface area contributed by atoms with Gasteiger partial charge < -0.3 is 0 Å². The van der Waals surface area contributed by atoms with Gasteiger partial charge in [0, 0.05) is 0 Å². The van der Waals surface area contributed by atoms with Crippen molar-refractivity contribution >= 4 is 110 Å². The van der Waals surface area contributed by atoms with E-state index in [2.05, 4.69) is 0 Å². The van der Waals surface area contributed by atoms with Crippen molar-refractivity contribution in [2.75, 3.05) is 0 Å². The van der Waals surface area contributed by atoms with Gasteiger partial charge in [0.2, 0.25) is 0 Å². The standard InChI is InChI=1S/3H2O3Te.2Sb/c3*1-4(2)3;;/h3*(H2,1,2,3);;/q;;;2*+3/p-6. The summed E-state index contributed by atoms with van der Waals surface area (Å²) in [5.74, 6) is 0. The molecule has 0 aliphatic carbocycles. The van der Waals surface area contributed by atoms with E-state index < -0.39 is 61.1 Å². The van der Waals surface area contributed by atoms with Crippen molar-refractivity contribution in [1.82, 2.24) is 0 Å². The Bertz CT molecular complexity index is 116. The van der Waals surface area contributed by atoms with Gasteiger partial charge in [0.05, 0.1) is 0 Å². The van der Waals surface area contributed by atoms with E-state index in [0.29, 0.717) is 0 Å². The van der Waals surface area contributed by atoms with Crippen LogP contribution < -0.4 is 20.8 Å². The van der Waals surface area contributed by atoms with Gasteiger partial charge in [-0.3, -0.25) is 0 Å².